The van der Waals surface area contributed by atoms with Crippen LogP contribution in [0.2, 0.25) is 0 Å². The van der Waals surface area contributed by atoms with Crippen LogP contribution in [0.25, 0.3) is 0 Å². The SMILES string of the molecule is O=C(O)CCC(Cc1ccccc1)Nc1ccccc1S(=O)(=O)C(F)F. The van der Waals surface area contributed by atoms with Gasteiger partial charge in [0.15, 0.2) is 0 Å². The fraction of sp³-hybridized carbons (Fsp3) is 0.278. The van der Waals surface area contributed by atoms with Gasteiger partial charge in [-0.1, -0.05) is 42.5 Å². The van der Waals surface area contributed by atoms with E-state index in [4.69, 9.17) is 5.11 Å². The third-order valence-electron chi connectivity index (χ3n) is 3.82. The van der Waals surface area contributed by atoms with Gasteiger partial charge >= 0.3 is 11.7 Å². The first-order chi connectivity index (χ1) is 12.3. The van der Waals surface area contributed by atoms with Crippen molar-refractivity contribution in [1.29, 1.82) is 0 Å². The normalized spacial score (nSPS) is 12.7. The lowest BCUT2D eigenvalue weighted by atomic mass is 10.0. The molecule has 0 saturated carbocycles. The van der Waals surface area contributed by atoms with Crippen LogP contribution in [0.3, 0.4) is 0 Å². The molecule has 2 aromatic carbocycles. The summed E-state index contributed by atoms with van der Waals surface area (Å²) >= 11 is 0. The number of alkyl halides is 2. The molecule has 0 heterocycles. The monoisotopic (exact) mass is 383 g/mol. The van der Waals surface area contributed by atoms with E-state index in [9.17, 15) is 22.0 Å². The van der Waals surface area contributed by atoms with Gasteiger partial charge in [-0.3, -0.25) is 4.79 Å². The van der Waals surface area contributed by atoms with Gasteiger partial charge in [0.1, 0.15) is 0 Å². The molecule has 1 atom stereocenters. The maximum Gasteiger partial charge on any atom is 0.341 e. The molecule has 0 saturated heterocycles. The summed E-state index contributed by atoms with van der Waals surface area (Å²) in [6, 6.07) is 14.2. The highest BCUT2D eigenvalue weighted by Gasteiger charge is 2.29. The van der Waals surface area contributed by atoms with Crippen molar-refractivity contribution >= 4 is 21.5 Å². The van der Waals surface area contributed by atoms with Crippen LogP contribution in [0.15, 0.2) is 59.5 Å². The number of carbonyl (C=O) groups is 1. The highest BCUT2D eigenvalue weighted by molar-refractivity contribution is 7.91. The Morgan fingerprint density at radius 2 is 1.65 bits per heavy atom. The number of para-hydroxylation sites is 1. The Labute approximate surface area is 150 Å². The van der Waals surface area contributed by atoms with Gasteiger partial charge in [0.2, 0.25) is 9.84 Å². The van der Waals surface area contributed by atoms with Crippen LogP contribution in [-0.2, 0) is 21.1 Å². The summed E-state index contributed by atoms with van der Waals surface area (Å²) in [6.45, 7) is 0. The highest BCUT2D eigenvalue weighted by Crippen LogP contribution is 2.27. The molecule has 2 aromatic rings. The molecule has 0 aromatic heterocycles. The second-order valence-corrected chi connectivity index (χ2v) is 7.65. The molecule has 0 spiro atoms. The van der Waals surface area contributed by atoms with E-state index in [0.717, 1.165) is 11.6 Å². The van der Waals surface area contributed by atoms with Crippen LogP contribution in [0.4, 0.5) is 14.5 Å². The molecular formula is C18H19F2NO4S. The standard InChI is InChI=1S/C18H19F2NO4S/c19-18(20)26(24,25)16-9-5-4-8-15(16)21-14(10-11-17(22)23)12-13-6-2-1-3-7-13/h1-9,14,18,21H,10-12H2,(H,22,23). The van der Waals surface area contributed by atoms with Crippen molar-refractivity contribution in [3.63, 3.8) is 0 Å². The van der Waals surface area contributed by atoms with Crippen molar-refractivity contribution in [2.75, 3.05) is 5.32 Å². The first-order valence-electron chi connectivity index (χ1n) is 7.94. The summed E-state index contributed by atoms with van der Waals surface area (Å²) in [5.41, 5.74) is 0.962. The van der Waals surface area contributed by atoms with E-state index in [-0.39, 0.29) is 18.5 Å². The molecule has 0 aliphatic carbocycles. The van der Waals surface area contributed by atoms with Crippen molar-refractivity contribution in [1.82, 2.24) is 0 Å². The first kappa shape index (κ1) is 19.8. The Morgan fingerprint density at radius 1 is 1.04 bits per heavy atom. The first-order valence-corrected chi connectivity index (χ1v) is 9.48. The number of carboxylic acids is 1. The molecule has 0 bridgehead atoms. The van der Waals surface area contributed by atoms with E-state index in [1.54, 1.807) is 0 Å². The molecule has 0 fully saturated rings. The van der Waals surface area contributed by atoms with Crippen molar-refractivity contribution in [2.45, 2.75) is 36.0 Å². The Hall–Kier alpha value is -2.48. The third-order valence-corrected chi connectivity index (χ3v) is 5.26. The van der Waals surface area contributed by atoms with Crippen LogP contribution >= 0.6 is 0 Å². The number of halogens is 2. The van der Waals surface area contributed by atoms with Crippen LogP contribution in [0.1, 0.15) is 18.4 Å². The fourth-order valence-corrected chi connectivity index (χ4v) is 3.47. The minimum Gasteiger partial charge on any atom is -0.481 e. The smallest absolute Gasteiger partial charge is 0.341 e. The second-order valence-electron chi connectivity index (χ2n) is 5.77. The number of benzene rings is 2. The van der Waals surface area contributed by atoms with Crippen LogP contribution in [0, 0.1) is 0 Å². The van der Waals surface area contributed by atoms with Crippen molar-refractivity contribution in [2.24, 2.45) is 0 Å². The number of carboxylic acid groups (broad SMARTS) is 1. The highest BCUT2D eigenvalue weighted by atomic mass is 32.2. The zero-order valence-electron chi connectivity index (χ0n) is 13.8. The minimum absolute atomic E-state index is 0.0409. The van der Waals surface area contributed by atoms with Gasteiger partial charge in [-0.15, -0.1) is 0 Å². The number of aliphatic carboxylic acids is 1. The fourth-order valence-electron chi connectivity index (χ4n) is 2.57. The number of hydrogen-bond acceptors (Lipinski definition) is 4. The van der Waals surface area contributed by atoms with Crippen molar-refractivity contribution in [3.05, 3.63) is 60.2 Å². The molecule has 0 amide bonds. The number of sulfone groups is 1. The maximum atomic E-state index is 12.9. The van der Waals surface area contributed by atoms with Gasteiger partial charge in [0.25, 0.3) is 0 Å². The molecule has 1 unspecified atom stereocenters. The summed E-state index contributed by atoms with van der Waals surface area (Å²) in [5.74, 6) is -4.52. The quantitative estimate of drug-likeness (QED) is 0.692. The minimum atomic E-state index is -4.77. The molecule has 8 heteroatoms. The van der Waals surface area contributed by atoms with Crippen molar-refractivity contribution in [3.8, 4) is 0 Å². The number of anilines is 1. The third kappa shape index (κ3) is 5.26. The largest absolute Gasteiger partial charge is 0.481 e. The van der Waals surface area contributed by atoms with Gasteiger partial charge in [-0.2, -0.15) is 8.78 Å². The summed E-state index contributed by atoms with van der Waals surface area (Å²) in [7, 11) is -4.77. The Kier molecular flexibility index (Phi) is 6.68. The second kappa shape index (κ2) is 8.75. The molecule has 2 N–H and O–H groups in total. The molecule has 2 rings (SSSR count). The van der Waals surface area contributed by atoms with E-state index < -0.39 is 32.5 Å². The van der Waals surface area contributed by atoms with Crippen molar-refractivity contribution < 1.29 is 27.1 Å². The van der Waals surface area contributed by atoms with E-state index in [0.29, 0.717) is 6.42 Å². The lowest BCUT2D eigenvalue weighted by Gasteiger charge is -2.21. The number of nitrogens with one attached hydrogen (secondary N) is 1. The molecule has 5 nitrogen and oxygen atoms in total. The number of rotatable bonds is 9. The van der Waals surface area contributed by atoms with Gasteiger partial charge in [-0.25, -0.2) is 8.42 Å². The molecule has 140 valence electrons. The zero-order valence-corrected chi connectivity index (χ0v) is 14.6. The predicted molar refractivity (Wildman–Crippen MR) is 94.1 cm³/mol. The van der Waals surface area contributed by atoms with Gasteiger partial charge in [0, 0.05) is 12.5 Å². The zero-order chi connectivity index (χ0) is 19.2. The van der Waals surface area contributed by atoms with E-state index >= 15 is 0 Å². The maximum absolute atomic E-state index is 12.9. The lowest BCUT2D eigenvalue weighted by molar-refractivity contribution is -0.137. The van der Waals surface area contributed by atoms with Gasteiger partial charge in [0.05, 0.1) is 10.6 Å². The lowest BCUT2D eigenvalue weighted by Crippen LogP contribution is -2.25. The topological polar surface area (TPSA) is 83.5 Å². The predicted octanol–water partition coefficient (Wildman–Crippen LogP) is 3.57. The van der Waals surface area contributed by atoms with E-state index in [1.165, 1.54) is 18.2 Å². The molecular weight excluding hydrogens is 364 g/mol. The van der Waals surface area contributed by atoms with E-state index in [1.807, 2.05) is 30.3 Å². The molecule has 26 heavy (non-hydrogen) atoms. The average Bonchev–Trinajstić information content (AvgIpc) is 2.60. The van der Waals surface area contributed by atoms with Gasteiger partial charge < -0.3 is 10.4 Å². The summed E-state index contributed by atoms with van der Waals surface area (Å²) in [5, 5.41) is 11.9. The molecule has 0 aliphatic heterocycles. The van der Waals surface area contributed by atoms with Gasteiger partial charge in [-0.05, 0) is 30.5 Å². The Balaban J connectivity index is 2.29. The molecule has 0 radical (unpaired) electrons. The summed E-state index contributed by atoms with van der Waals surface area (Å²) in [6.07, 6.45) is 0.513. The summed E-state index contributed by atoms with van der Waals surface area (Å²) in [4.78, 5) is 10.4. The number of hydrogen-bond donors (Lipinski definition) is 2. The van der Waals surface area contributed by atoms with Crippen LogP contribution in [0.5, 0.6) is 0 Å². The summed E-state index contributed by atoms with van der Waals surface area (Å²) < 4.78 is 49.6. The Bertz CT molecular complexity index is 841. The van der Waals surface area contributed by atoms with E-state index in [2.05, 4.69) is 5.32 Å². The van der Waals surface area contributed by atoms with Crippen LogP contribution in [-0.4, -0.2) is 31.3 Å². The average molecular weight is 383 g/mol. The van der Waals surface area contributed by atoms with Crippen LogP contribution < -0.4 is 5.32 Å². The Morgan fingerprint density at radius 3 is 2.27 bits per heavy atom. The molecule has 0 aliphatic rings.